The van der Waals surface area contributed by atoms with Crippen LogP contribution in [0.1, 0.15) is 245 Å². The number of carboxylic acids is 1. The van der Waals surface area contributed by atoms with E-state index in [9.17, 15) is 19.5 Å². The van der Waals surface area contributed by atoms with Crippen LogP contribution < -0.4 is 5.11 Å². The Labute approximate surface area is 364 Å². The molecule has 0 N–H and O–H groups in total. The summed E-state index contributed by atoms with van der Waals surface area (Å²) in [5.74, 6) is -2.28. The number of nitrogens with zero attached hydrogens (tertiary/aromatic N) is 1. The molecule has 0 aromatic carbocycles. The SMILES string of the molecule is CCCCCCCCCCCCCCCCCCCCCCCCCCCCCCCC(=O)OC(COC(=O)CCCCCCC)COC(OCC[N+](C)(C)C)C(=O)[O-]. The van der Waals surface area contributed by atoms with Gasteiger partial charge in [0.25, 0.3) is 0 Å². The minimum Gasteiger partial charge on any atom is -0.545 e. The molecule has 0 rings (SSSR count). The van der Waals surface area contributed by atoms with Gasteiger partial charge in [-0.2, -0.15) is 0 Å². The van der Waals surface area contributed by atoms with E-state index in [-0.39, 0.29) is 32.2 Å². The van der Waals surface area contributed by atoms with Crippen molar-refractivity contribution in [3.05, 3.63) is 0 Å². The van der Waals surface area contributed by atoms with Crippen molar-refractivity contribution in [3.63, 3.8) is 0 Å². The third-order valence-corrected chi connectivity index (χ3v) is 11.4. The van der Waals surface area contributed by atoms with Gasteiger partial charge in [-0.25, -0.2) is 0 Å². The standard InChI is InChI=1S/C50H97NO8/c1-6-8-10-12-13-14-15-16-17-18-19-20-21-22-23-24-25-26-27-28-29-30-31-32-33-34-35-37-39-41-48(53)59-46(44-57-47(52)40-38-36-11-9-7-2)45-58-50(49(54)55)56-43-42-51(3,4)5/h46,50H,6-45H2,1-5H3. The van der Waals surface area contributed by atoms with Crippen LogP contribution in [0.25, 0.3) is 0 Å². The number of rotatable bonds is 47. The van der Waals surface area contributed by atoms with Crippen LogP contribution >= 0.6 is 0 Å². The molecule has 0 radical (unpaired) electrons. The quantitative estimate of drug-likeness (QED) is 0.0258. The summed E-state index contributed by atoms with van der Waals surface area (Å²) in [6, 6.07) is 0. The van der Waals surface area contributed by atoms with E-state index in [1.165, 1.54) is 167 Å². The summed E-state index contributed by atoms with van der Waals surface area (Å²) in [7, 11) is 5.91. The van der Waals surface area contributed by atoms with Gasteiger partial charge in [-0.05, 0) is 12.8 Å². The number of carbonyl (C=O) groups is 3. The molecule has 2 unspecified atom stereocenters. The van der Waals surface area contributed by atoms with Gasteiger partial charge in [0.05, 0.1) is 40.3 Å². The average molecular weight is 840 g/mol. The molecular formula is C50H97NO8. The van der Waals surface area contributed by atoms with Crippen LogP contribution in [0.15, 0.2) is 0 Å². The molecule has 2 atom stereocenters. The molecule has 0 fully saturated rings. The molecular weight excluding hydrogens is 743 g/mol. The van der Waals surface area contributed by atoms with Crippen molar-refractivity contribution in [2.45, 2.75) is 257 Å². The maximum Gasteiger partial charge on any atom is 0.306 e. The molecule has 0 aromatic rings. The highest BCUT2D eigenvalue weighted by molar-refractivity contribution is 5.70. The van der Waals surface area contributed by atoms with Gasteiger partial charge in [0, 0.05) is 12.8 Å². The minimum atomic E-state index is -1.61. The van der Waals surface area contributed by atoms with Gasteiger partial charge in [-0.1, -0.05) is 219 Å². The van der Waals surface area contributed by atoms with Crippen LogP contribution in [0, 0.1) is 0 Å². The van der Waals surface area contributed by atoms with Gasteiger partial charge in [-0.3, -0.25) is 9.59 Å². The van der Waals surface area contributed by atoms with Crippen LogP contribution in [0.5, 0.6) is 0 Å². The number of hydrogen-bond acceptors (Lipinski definition) is 8. The van der Waals surface area contributed by atoms with Gasteiger partial charge in [-0.15, -0.1) is 0 Å². The molecule has 0 saturated carbocycles. The first kappa shape index (κ1) is 57.3. The Kier molecular flexibility index (Phi) is 41.7. The first-order valence-corrected chi connectivity index (χ1v) is 25.2. The Morgan fingerprint density at radius 2 is 0.763 bits per heavy atom. The summed E-state index contributed by atoms with van der Waals surface area (Å²) in [5, 5.41) is 11.6. The minimum absolute atomic E-state index is 0.152. The van der Waals surface area contributed by atoms with E-state index in [0.717, 1.165) is 51.4 Å². The van der Waals surface area contributed by atoms with Gasteiger partial charge < -0.3 is 33.3 Å². The Bertz CT molecular complexity index is 938. The van der Waals surface area contributed by atoms with E-state index in [2.05, 4.69) is 13.8 Å². The third kappa shape index (κ3) is 44.2. The highest BCUT2D eigenvalue weighted by Crippen LogP contribution is 2.17. The largest absolute Gasteiger partial charge is 0.545 e. The zero-order valence-electron chi connectivity index (χ0n) is 39.7. The van der Waals surface area contributed by atoms with E-state index < -0.39 is 24.3 Å². The van der Waals surface area contributed by atoms with Gasteiger partial charge in [0.15, 0.2) is 12.4 Å². The predicted molar refractivity (Wildman–Crippen MR) is 242 cm³/mol. The van der Waals surface area contributed by atoms with Gasteiger partial charge in [0.1, 0.15) is 13.2 Å². The highest BCUT2D eigenvalue weighted by Gasteiger charge is 2.22. The molecule has 59 heavy (non-hydrogen) atoms. The van der Waals surface area contributed by atoms with Crippen LogP contribution in [-0.2, 0) is 33.3 Å². The van der Waals surface area contributed by atoms with Crippen molar-refractivity contribution < 1.29 is 42.9 Å². The first-order chi connectivity index (χ1) is 28.6. The maximum atomic E-state index is 12.7. The van der Waals surface area contributed by atoms with Gasteiger partial charge in [0.2, 0.25) is 0 Å². The Morgan fingerprint density at radius 1 is 0.441 bits per heavy atom. The number of carbonyl (C=O) groups excluding carboxylic acids is 3. The molecule has 0 aromatic heterocycles. The molecule has 0 amide bonds. The normalized spacial score (nSPS) is 12.8. The lowest BCUT2D eigenvalue weighted by Crippen LogP contribution is -2.44. The number of likely N-dealkylation sites (N-methyl/N-ethyl adjacent to an activating group) is 1. The number of unbranched alkanes of at least 4 members (excludes halogenated alkanes) is 32. The number of aliphatic carboxylic acids is 1. The number of ether oxygens (including phenoxy) is 4. The smallest absolute Gasteiger partial charge is 0.306 e. The fourth-order valence-electron chi connectivity index (χ4n) is 7.42. The second kappa shape index (κ2) is 43.0. The Hall–Kier alpha value is -1.71. The fraction of sp³-hybridized carbons (Fsp3) is 0.940. The van der Waals surface area contributed by atoms with Crippen molar-refractivity contribution in [3.8, 4) is 0 Å². The number of hydrogen-bond donors (Lipinski definition) is 0. The van der Waals surface area contributed by atoms with Crippen molar-refractivity contribution in [1.29, 1.82) is 0 Å². The summed E-state index contributed by atoms with van der Waals surface area (Å²) < 4.78 is 22.4. The topological polar surface area (TPSA) is 111 Å². The number of quaternary nitrogens is 1. The lowest BCUT2D eigenvalue weighted by Gasteiger charge is -2.26. The lowest BCUT2D eigenvalue weighted by molar-refractivity contribution is -0.870. The molecule has 350 valence electrons. The van der Waals surface area contributed by atoms with E-state index >= 15 is 0 Å². The zero-order valence-corrected chi connectivity index (χ0v) is 39.7. The Morgan fingerprint density at radius 3 is 1.08 bits per heavy atom. The van der Waals surface area contributed by atoms with Gasteiger partial charge >= 0.3 is 11.9 Å². The third-order valence-electron chi connectivity index (χ3n) is 11.4. The van der Waals surface area contributed by atoms with Crippen LogP contribution in [0.3, 0.4) is 0 Å². The predicted octanol–water partition coefficient (Wildman–Crippen LogP) is 12.3. The zero-order chi connectivity index (χ0) is 43.5. The second-order valence-electron chi connectivity index (χ2n) is 18.5. The van der Waals surface area contributed by atoms with Crippen molar-refractivity contribution in [1.82, 2.24) is 0 Å². The molecule has 9 heteroatoms. The van der Waals surface area contributed by atoms with E-state index in [0.29, 0.717) is 17.4 Å². The monoisotopic (exact) mass is 840 g/mol. The molecule has 0 aliphatic heterocycles. The fourth-order valence-corrected chi connectivity index (χ4v) is 7.42. The molecule has 0 spiro atoms. The van der Waals surface area contributed by atoms with Crippen molar-refractivity contribution in [2.75, 3.05) is 47.5 Å². The van der Waals surface area contributed by atoms with E-state index in [4.69, 9.17) is 18.9 Å². The van der Waals surface area contributed by atoms with Crippen LogP contribution in [0.4, 0.5) is 0 Å². The number of esters is 2. The first-order valence-electron chi connectivity index (χ1n) is 25.2. The molecule has 0 bridgehead atoms. The Balaban J connectivity index is 3.92. The summed E-state index contributed by atoms with van der Waals surface area (Å²) in [6.07, 6.45) is 42.1. The molecule has 0 aliphatic carbocycles. The summed E-state index contributed by atoms with van der Waals surface area (Å²) in [5.41, 5.74) is 0. The molecule has 0 saturated heterocycles. The van der Waals surface area contributed by atoms with Crippen LogP contribution in [0.2, 0.25) is 0 Å². The van der Waals surface area contributed by atoms with Crippen LogP contribution in [-0.4, -0.2) is 82.3 Å². The van der Waals surface area contributed by atoms with E-state index in [1.54, 1.807) is 0 Å². The lowest BCUT2D eigenvalue weighted by atomic mass is 10.0. The number of carboxylic acid groups (broad SMARTS) is 1. The maximum absolute atomic E-state index is 12.7. The molecule has 0 aliphatic rings. The second-order valence-corrected chi connectivity index (χ2v) is 18.5. The molecule has 9 nitrogen and oxygen atoms in total. The summed E-state index contributed by atoms with van der Waals surface area (Å²) in [6.45, 7) is 4.68. The van der Waals surface area contributed by atoms with Crippen molar-refractivity contribution >= 4 is 17.9 Å². The van der Waals surface area contributed by atoms with E-state index in [1.807, 2.05) is 21.1 Å². The molecule has 0 heterocycles. The average Bonchev–Trinajstić information content (AvgIpc) is 3.19. The van der Waals surface area contributed by atoms with Crippen molar-refractivity contribution in [2.24, 2.45) is 0 Å². The summed E-state index contributed by atoms with van der Waals surface area (Å²) in [4.78, 5) is 36.7. The summed E-state index contributed by atoms with van der Waals surface area (Å²) >= 11 is 0. The highest BCUT2D eigenvalue weighted by atomic mass is 16.7.